The van der Waals surface area contributed by atoms with E-state index in [1.807, 2.05) is 6.07 Å². The van der Waals surface area contributed by atoms with Gasteiger partial charge in [-0.1, -0.05) is 42.8 Å². The molecule has 0 aromatic heterocycles. The van der Waals surface area contributed by atoms with Gasteiger partial charge in [0.2, 0.25) is 0 Å². The fraction of sp³-hybridized carbons (Fsp3) is 0.333. The minimum Gasteiger partial charge on any atom is -0.497 e. The van der Waals surface area contributed by atoms with Gasteiger partial charge in [0.1, 0.15) is 5.75 Å². The third kappa shape index (κ3) is 3.61. The highest BCUT2D eigenvalue weighted by molar-refractivity contribution is 5.69. The average Bonchev–Trinajstić information content (AvgIpc) is 2.47. The highest BCUT2D eigenvalue weighted by atomic mass is 16.5. The van der Waals surface area contributed by atoms with E-state index in [0.717, 1.165) is 25.3 Å². The smallest absolute Gasteiger partial charge is 0.119 e. The topological polar surface area (TPSA) is 21.3 Å². The molecule has 0 saturated heterocycles. The van der Waals surface area contributed by atoms with Gasteiger partial charge in [0, 0.05) is 6.54 Å². The summed E-state index contributed by atoms with van der Waals surface area (Å²) in [5, 5.41) is 3.47. The molecule has 106 valence electrons. The fourth-order valence-electron chi connectivity index (χ4n) is 2.34. The van der Waals surface area contributed by atoms with E-state index in [4.69, 9.17) is 4.74 Å². The van der Waals surface area contributed by atoms with Gasteiger partial charge in [-0.05, 0) is 48.7 Å². The van der Waals surface area contributed by atoms with E-state index in [1.165, 1.54) is 22.3 Å². The Labute approximate surface area is 121 Å². The van der Waals surface area contributed by atoms with Crippen LogP contribution in [-0.2, 0) is 6.54 Å². The Kier molecular flexibility index (Phi) is 5.19. The quantitative estimate of drug-likeness (QED) is 0.795. The molecule has 2 rings (SSSR count). The van der Waals surface area contributed by atoms with Gasteiger partial charge in [0.25, 0.3) is 0 Å². The minimum absolute atomic E-state index is 0.869. The monoisotopic (exact) mass is 269 g/mol. The summed E-state index contributed by atoms with van der Waals surface area (Å²) < 4.78 is 5.35. The standard InChI is InChI=1S/C18H23NO/c1-4-10-19-13-16-12-17(20-3)8-9-18(16)15-7-5-6-14(2)11-15/h5-9,11-12,19H,4,10,13H2,1-3H3. The lowest BCUT2D eigenvalue weighted by molar-refractivity contribution is 0.414. The number of rotatable bonds is 6. The minimum atomic E-state index is 0.869. The second-order valence-electron chi connectivity index (χ2n) is 5.07. The maximum atomic E-state index is 5.35. The first kappa shape index (κ1) is 14.6. The predicted octanol–water partition coefficient (Wildman–Crippen LogP) is 4.17. The summed E-state index contributed by atoms with van der Waals surface area (Å²) in [6.07, 6.45) is 1.14. The average molecular weight is 269 g/mol. The molecule has 0 amide bonds. The van der Waals surface area contributed by atoms with Crippen LogP contribution >= 0.6 is 0 Å². The summed E-state index contributed by atoms with van der Waals surface area (Å²) in [5.41, 5.74) is 5.10. The van der Waals surface area contributed by atoms with E-state index in [0.29, 0.717) is 0 Å². The number of ether oxygens (including phenoxy) is 1. The summed E-state index contributed by atoms with van der Waals surface area (Å²) >= 11 is 0. The van der Waals surface area contributed by atoms with E-state index >= 15 is 0 Å². The molecule has 0 aliphatic carbocycles. The van der Waals surface area contributed by atoms with E-state index < -0.39 is 0 Å². The van der Waals surface area contributed by atoms with Crippen molar-refractivity contribution < 1.29 is 4.74 Å². The fourth-order valence-corrected chi connectivity index (χ4v) is 2.34. The van der Waals surface area contributed by atoms with Crippen molar-refractivity contribution in [1.82, 2.24) is 5.32 Å². The molecular formula is C18H23NO. The van der Waals surface area contributed by atoms with Crippen molar-refractivity contribution in [2.24, 2.45) is 0 Å². The number of methoxy groups -OCH3 is 1. The Hall–Kier alpha value is -1.80. The van der Waals surface area contributed by atoms with Crippen LogP contribution in [0, 0.1) is 6.92 Å². The Bertz CT molecular complexity index is 563. The van der Waals surface area contributed by atoms with Gasteiger partial charge in [-0.2, -0.15) is 0 Å². The van der Waals surface area contributed by atoms with Gasteiger partial charge in [-0.3, -0.25) is 0 Å². The van der Waals surface area contributed by atoms with Crippen molar-refractivity contribution in [2.75, 3.05) is 13.7 Å². The van der Waals surface area contributed by atoms with E-state index in [9.17, 15) is 0 Å². The zero-order chi connectivity index (χ0) is 14.4. The van der Waals surface area contributed by atoms with Crippen molar-refractivity contribution >= 4 is 0 Å². The molecule has 0 aliphatic heterocycles. The van der Waals surface area contributed by atoms with Gasteiger partial charge in [0.15, 0.2) is 0 Å². The third-order valence-electron chi connectivity index (χ3n) is 3.38. The van der Waals surface area contributed by atoms with Crippen molar-refractivity contribution in [3.8, 4) is 16.9 Å². The molecule has 0 aliphatic rings. The first-order valence-corrected chi connectivity index (χ1v) is 7.19. The lowest BCUT2D eigenvalue weighted by Gasteiger charge is -2.13. The van der Waals surface area contributed by atoms with Crippen molar-refractivity contribution in [2.45, 2.75) is 26.8 Å². The molecule has 1 N–H and O–H groups in total. The number of benzene rings is 2. The van der Waals surface area contributed by atoms with Gasteiger partial charge in [-0.25, -0.2) is 0 Å². The Morgan fingerprint density at radius 1 is 1.10 bits per heavy atom. The molecule has 2 nitrogen and oxygen atoms in total. The molecule has 2 aromatic rings. The molecule has 2 heteroatoms. The van der Waals surface area contributed by atoms with Crippen molar-refractivity contribution in [3.63, 3.8) is 0 Å². The van der Waals surface area contributed by atoms with Crippen molar-refractivity contribution in [3.05, 3.63) is 53.6 Å². The molecule has 2 aromatic carbocycles. The zero-order valence-corrected chi connectivity index (χ0v) is 12.6. The highest BCUT2D eigenvalue weighted by Gasteiger charge is 2.07. The van der Waals surface area contributed by atoms with E-state index in [1.54, 1.807) is 7.11 Å². The second-order valence-corrected chi connectivity index (χ2v) is 5.07. The van der Waals surface area contributed by atoms with Crippen LogP contribution in [0.1, 0.15) is 24.5 Å². The van der Waals surface area contributed by atoms with Gasteiger partial charge in [-0.15, -0.1) is 0 Å². The number of hydrogen-bond acceptors (Lipinski definition) is 2. The SMILES string of the molecule is CCCNCc1cc(OC)ccc1-c1cccc(C)c1. The normalized spacial score (nSPS) is 10.6. The van der Waals surface area contributed by atoms with Crippen molar-refractivity contribution in [1.29, 1.82) is 0 Å². The Balaban J connectivity index is 2.35. The van der Waals surface area contributed by atoms with Crippen LogP contribution in [-0.4, -0.2) is 13.7 Å². The van der Waals surface area contributed by atoms with Crippen LogP contribution in [0.5, 0.6) is 5.75 Å². The van der Waals surface area contributed by atoms with Gasteiger partial charge in [0.05, 0.1) is 7.11 Å². The first-order valence-electron chi connectivity index (χ1n) is 7.19. The van der Waals surface area contributed by atoms with Crippen LogP contribution in [0.2, 0.25) is 0 Å². The number of hydrogen-bond donors (Lipinski definition) is 1. The summed E-state index contributed by atoms with van der Waals surface area (Å²) in [6, 6.07) is 14.9. The maximum Gasteiger partial charge on any atom is 0.119 e. The zero-order valence-electron chi connectivity index (χ0n) is 12.6. The summed E-state index contributed by atoms with van der Waals surface area (Å²) in [6.45, 7) is 6.21. The van der Waals surface area contributed by atoms with Gasteiger partial charge >= 0.3 is 0 Å². The van der Waals surface area contributed by atoms with Crippen LogP contribution in [0.25, 0.3) is 11.1 Å². The van der Waals surface area contributed by atoms with Crippen LogP contribution < -0.4 is 10.1 Å². The molecule has 0 spiro atoms. The molecule has 0 bridgehead atoms. The number of aryl methyl sites for hydroxylation is 1. The molecule has 0 atom stereocenters. The van der Waals surface area contributed by atoms with E-state index in [2.05, 4.69) is 55.6 Å². The summed E-state index contributed by atoms with van der Waals surface area (Å²) in [5.74, 6) is 0.912. The van der Waals surface area contributed by atoms with Crippen LogP contribution in [0.3, 0.4) is 0 Å². The molecular weight excluding hydrogens is 246 g/mol. The third-order valence-corrected chi connectivity index (χ3v) is 3.38. The molecule has 0 radical (unpaired) electrons. The highest BCUT2D eigenvalue weighted by Crippen LogP contribution is 2.28. The molecule has 0 heterocycles. The summed E-state index contributed by atoms with van der Waals surface area (Å²) in [4.78, 5) is 0. The van der Waals surface area contributed by atoms with Crippen LogP contribution in [0.15, 0.2) is 42.5 Å². The predicted molar refractivity (Wildman–Crippen MR) is 85.2 cm³/mol. The number of nitrogens with one attached hydrogen (secondary N) is 1. The Morgan fingerprint density at radius 3 is 2.65 bits per heavy atom. The first-order chi connectivity index (χ1) is 9.74. The maximum absolute atomic E-state index is 5.35. The lowest BCUT2D eigenvalue weighted by atomic mass is 9.98. The molecule has 0 unspecified atom stereocenters. The Morgan fingerprint density at radius 2 is 1.95 bits per heavy atom. The molecule has 20 heavy (non-hydrogen) atoms. The molecule has 0 fully saturated rings. The largest absolute Gasteiger partial charge is 0.497 e. The lowest BCUT2D eigenvalue weighted by Crippen LogP contribution is -2.14. The van der Waals surface area contributed by atoms with Gasteiger partial charge < -0.3 is 10.1 Å². The second kappa shape index (κ2) is 7.11. The summed E-state index contributed by atoms with van der Waals surface area (Å²) in [7, 11) is 1.71. The molecule has 0 saturated carbocycles. The van der Waals surface area contributed by atoms with Crippen LogP contribution in [0.4, 0.5) is 0 Å². The van der Waals surface area contributed by atoms with E-state index in [-0.39, 0.29) is 0 Å².